The lowest BCUT2D eigenvalue weighted by molar-refractivity contribution is 0.953. The van der Waals surface area contributed by atoms with Crippen LogP contribution in [0.25, 0.3) is 129 Å². The molecular weight excluding hydrogens is 847 g/mol. The van der Waals surface area contributed by atoms with Crippen LogP contribution in [0.1, 0.15) is 0 Å². The predicted octanol–water partition coefficient (Wildman–Crippen LogP) is 14.0. The number of para-hydroxylation sites is 6. The van der Waals surface area contributed by atoms with Gasteiger partial charge in [-0.15, -0.1) is 0 Å². The summed E-state index contributed by atoms with van der Waals surface area (Å²) >= 11 is 0. The Morgan fingerprint density at radius 1 is 0.232 bits per heavy atom. The quantitative estimate of drug-likeness (QED) is 0.158. The van der Waals surface area contributed by atoms with Crippen molar-refractivity contribution in [2.24, 2.45) is 0 Å². The lowest BCUT2D eigenvalue weighted by atomic mass is 10.1. The summed E-state index contributed by atoms with van der Waals surface area (Å²) in [5.41, 5.74) is 10.6. The molecule has 0 fully saturated rings. The summed E-state index contributed by atoms with van der Waals surface area (Å²) in [6.07, 6.45) is 0. The van der Waals surface area contributed by atoms with E-state index < -0.39 is 0 Å². The first kappa shape index (κ1) is 38.6. The van der Waals surface area contributed by atoms with E-state index in [1.807, 2.05) is 66.7 Å². The van der Waals surface area contributed by atoms with Gasteiger partial charge in [0.1, 0.15) is 11.6 Å². The zero-order chi connectivity index (χ0) is 45.4. The maximum Gasteiger partial charge on any atom is 0.238 e. The maximum atomic E-state index is 5.41. The Hall–Kier alpha value is -9.60. The molecule has 0 aliphatic heterocycles. The second-order valence-corrected chi connectivity index (χ2v) is 17.1. The summed E-state index contributed by atoms with van der Waals surface area (Å²) < 4.78 is 6.59. The Bertz CT molecular complexity index is 4000. The van der Waals surface area contributed by atoms with Gasteiger partial charge in [-0.2, -0.15) is 9.97 Å². The van der Waals surface area contributed by atoms with Crippen molar-refractivity contribution in [3.63, 3.8) is 0 Å². The van der Waals surface area contributed by atoms with Crippen LogP contribution in [0.2, 0.25) is 0 Å². The summed E-state index contributed by atoms with van der Waals surface area (Å²) in [5, 5.41) is 6.90. The molecule has 14 rings (SSSR count). The molecule has 0 aliphatic carbocycles. The Labute approximate surface area is 394 Å². The van der Waals surface area contributed by atoms with Gasteiger partial charge in [-0.05, 0) is 72.8 Å². The highest BCUT2D eigenvalue weighted by molar-refractivity contribution is 6.11. The van der Waals surface area contributed by atoms with Crippen molar-refractivity contribution in [3.8, 4) is 63.1 Å². The van der Waals surface area contributed by atoms with E-state index in [0.29, 0.717) is 40.4 Å². The molecule has 0 saturated heterocycles. The molecule has 0 bridgehead atoms. The van der Waals surface area contributed by atoms with E-state index in [0.717, 1.165) is 66.6 Å². The van der Waals surface area contributed by atoms with Crippen molar-refractivity contribution >= 4 is 65.4 Å². The summed E-state index contributed by atoms with van der Waals surface area (Å²) in [6.45, 7) is 0. The third-order valence-corrected chi connectivity index (χ3v) is 13.1. The third-order valence-electron chi connectivity index (χ3n) is 13.1. The molecular formula is C60H37N9. The minimum absolute atomic E-state index is 0.489. The highest BCUT2D eigenvalue weighted by Gasteiger charge is 2.21. The normalized spacial score (nSPS) is 11.8. The van der Waals surface area contributed by atoms with Gasteiger partial charge in [-0.3, -0.25) is 13.7 Å². The highest BCUT2D eigenvalue weighted by atomic mass is 15.2. The first-order valence-electron chi connectivity index (χ1n) is 23.0. The predicted molar refractivity (Wildman–Crippen MR) is 278 cm³/mol. The van der Waals surface area contributed by atoms with E-state index >= 15 is 0 Å². The van der Waals surface area contributed by atoms with Gasteiger partial charge in [0.05, 0.1) is 55.9 Å². The zero-order valence-corrected chi connectivity index (χ0v) is 36.9. The molecule has 0 atom stereocenters. The van der Waals surface area contributed by atoms with Crippen molar-refractivity contribution in [2.75, 3.05) is 0 Å². The standard InChI is InChI=1S/C60H37N9/c1-2-18-38(19-3-1)58-64-59(66-60(65-58)69-54-32-14-8-24-44(54)45-25-9-15-33-55(45)69)39-36-48(46-26-16-34-56(62-46)67-50-28-10-4-20-40(50)41-21-5-11-29-51(41)67)61-49(37-39)47-27-17-35-57(63-47)68-52-30-12-6-22-42(52)43-23-7-13-31-53(43)68/h1-37H. The van der Waals surface area contributed by atoms with Gasteiger partial charge in [0.25, 0.3) is 0 Å². The van der Waals surface area contributed by atoms with Gasteiger partial charge in [0.2, 0.25) is 5.95 Å². The molecule has 0 N–H and O–H groups in total. The smallest absolute Gasteiger partial charge is 0.238 e. The largest absolute Gasteiger partial charge is 0.294 e. The van der Waals surface area contributed by atoms with Gasteiger partial charge < -0.3 is 0 Å². The molecule has 0 unspecified atom stereocenters. The summed E-state index contributed by atoms with van der Waals surface area (Å²) in [7, 11) is 0. The van der Waals surface area contributed by atoms with Crippen molar-refractivity contribution in [1.29, 1.82) is 0 Å². The molecule has 322 valence electrons. The first-order valence-corrected chi connectivity index (χ1v) is 23.0. The van der Waals surface area contributed by atoms with Crippen LogP contribution in [0.15, 0.2) is 224 Å². The Balaban J connectivity index is 1.01. The van der Waals surface area contributed by atoms with Crippen LogP contribution >= 0.6 is 0 Å². The van der Waals surface area contributed by atoms with Crippen LogP contribution < -0.4 is 0 Å². The fourth-order valence-electron chi connectivity index (χ4n) is 10.1. The first-order chi connectivity index (χ1) is 34.2. The monoisotopic (exact) mass is 883 g/mol. The Kier molecular flexibility index (Phi) is 8.68. The molecule has 69 heavy (non-hydrogen) atoms. The second kappa shape index (κ2) is 15.5. The minimum atomic E-state index is 0.489. The minimum Gasteiger partial charge on any atom is -0.294 e. The number of nitrogens with zero attached hydrogens (tertiary/aromatic N) is 9. The number of fused-ring (bicyclic) bond motifs is 9. The highest BCUT2D eigenvalue weighted by Crippen LogP contribution is 2.37. The SMILES string of the molecule is c1ccc(-c2nc(-c3cc(-c4cccc(-n5c6ccccc6c6ccccc65)n4)nc(-c4cccc(-n5c6ccccc6c6ccccc65)n4)c3)nc(-n3c4ccccc4c4ccccc43)n2)cc1. The fourth-order valence-corrected chi connectivity index (χ4v) is 10.1. The topological polar surface area (TPSA) is 92.1 Å². The molecule has 9 heteroatoms. The van der Waals surface area contributed by atoms with E-state index in [1.165, 1.54) is 21.5 Å². The van der Waals surface area contributed by atoms with Crippen molar-refractivity contribution in [2.45, 2.75) is 0 Å². The molecule has 9 nitrogen and oxygen atoms in total. The van der Waals surface area contributed by atoms with E-state index in [4.69, 9.17) is 29.9 Å². The molecule has 0 spiro atoms. The van der Waals surface area contributed by atoms with Gasteiger partial charge in [-0.25, -0.2) is 19.9 Å². The number of hydrogen-bond acceptors (Lipinski definition) is 6. The number of benzene rings is 7. The number of hydrogen-bond donors (Lipinski definition) is 0. The van der Waals surface area contributed by atoms with Crippen LogP contribution in [-0.4, -0.2) is 43.6 Å². The molecule has 7 heterocycles. The summed E-state index contributed by atoms with van der Waals surface area (Å²) in [5.74, 6) is 3.11. The van der Waals surface area contributed by atoms with Gasteiger partial charge in [0.15, 0.2) is 11.6 Å². The van der Waals surface area contributed by atoms with E-state index in [-0.39, 0.29) is 0 Å². The number of rotatable bonds is 7. The third kappa shape index (κ3) is 6.25. The molecule has 7 aromatic heterocycles. The van der Waals surface area contributed by atoms with Gasteiger partial charge in [0, 0.05) is 43.4 Å². The maximum absolute atomic E-state index is 5.41. The van der Waals surface area contributed by atoms with Crippen LogP contribution in [0.3, 0.4) is 0 Å². The number of aromatic nitrogens is 9. The van der Waals surface area contributed by atoms with Crippen LogP contribution in [-0.2, 0) is 0 Å². The molecule has 7 aromatic carbocycles. The van der Waals surface area contributed by atoms with E-state index in [1.54, 1.807) is 0 Å². The zero-order valence-electron chi connectivity index (χ0n) is 36.9. The van der Waals surface area contributed by atoms with Gasteiger partial charge in [-0.1, -0.05) is 152 Å². The Morgan fingerprint density at radius 3 is 0.986 bits per heavy atom. The average Bonchev–Trinajstić information content (AvgIpc) is 4.07. The summed E-state index contributed by atoms with van der Waals surface area (Å²) in [4.78, 5) is 32.0. The molecule has 0 saturated carbocycles. The molecule has 0 aliphatic rings. The molecule has 0 amide bonds. The Morgan fingerprint density at radius 2 is 0.580 bits per heavy atom. The average molecular weight is 884 g/mol. The second-order valence-electron chi connectivity index (χ2n) is 17.1. The van der Waals surface area contributed by atoms with Crippen molar-refractivity contribution in [3.05, 3.63) is 224 Å². The van der Waals surface area contributed by atoms with Gasteiger partial charge >= 0.3 is 0 Å². The summed E-state index contributed by atoms with van der Waals surface area (Å²) in [6, 6.07) is 77.1. The van der Waals surface area contributed by atoms with Crippen molar-refractivity contribution < 1.29 is 0 Å². The molecule has 0 radical (unpaired) electrons. The lowest BCUT2D eigenvalue weighted by Gasteiger charge is -2.14. The van der Waals surface area contributed by atoms with E-state index in [9.17, 15) is 0 Å². The van der Waals surface area contributed by atoms with E-state index in [2.05, 4.69) is 171 Å². The van der Waals surface area contributed by atoms with Crippen molar-refractivity contribution in [1.82, 2.24) is 43.6 Å². The van der Waals surface area contributed by atoms with Crippen LogP contribution in [0.4, 0.5) is 0 Å². The van der Waals surface area contributed by atoms with Crippen LogP contribution in [0.5, 0.6) is 0 Å². The number of pyridine rings is 3. The van der Waals surface area contributed by atoms with Crippen LogP contribution in [0, 0.1) is 0 Å². The molecule has 14 aromatic rings. The lowest BCUT2D eigenvalue weighted by Crippen LogP contribution is -2.07. The fraction of sp³-hybridized carbons (Fsp3) is 0.